The van der Waals surface area contributed by atoms with Crippen molar-refractivity contribution < 1.29 is 62.3 Å². The van der Waals surface area contributed by atoms with E-state index >= 15 is 0 Å². The van der Waals surface area contributed by atoms with Crippen LogP contribution in [0.15, 0.2) is 12.1 Å². The molecule has 0 fully saturated rings. The Kier molecular flexibility index (Phi) is 118. The Morgan fingerprint density at radius 3 is 0.893 bits per heavy atom. The minimum Gasteiger partial charge on any atom is -0.999 e. The van der Waals surface area contributed by atoms with Gasteiger partial charge in [0.15, 0.2) is 0 Å². The maximum absolute atomic E-state index is 9.54. The van der Waals surface area contributed by atoms with Gasteiger partial charge in [-0.05, 0) is 0 Å². The largest absolute Gasteiger partial charge is 0.999 e. The predicted octanol–water partition coefficient (Wildman–Crippen LogP) is 1.82. The summed E-state index contributed by atoms with van der Waals surface area (Å²) >= 11 is 0. The van der Waals surface area contributed by atoms with Crippen LogP contribution in [0.25, 0.3) is 0 Å². The molecule has 0 saturated carbocycles. The molecule has 0 spiro atoms. The summed E-state index contributed by atoms with van der Waals surface area (Å²) in [5.74, 6) is 0. The van der Waals surface area contributed by atoms with Crippen LogP contribution in [0.4, 0.5) is 0 Å². The summed E-state index contributed by atoms with van der Waals surface area (Å²) in [6.07, 6.45) is 5.91. The number of unbranched alkanes of at least 4 members (excludes halogenated alkanes) is 3. The second-order valence-corrected chi connectivity index (χ2v) is 2.86. The monoisotopic (exact) mass is 458 g/mol. The zero-order valence-electron chi connectivity index (χ0n) is 14.1. The fraction of sp³-hybridized carbons (Fsp3) is 0.200. The van der Waals surface area contributed by atoms with E-state index in [1.54, 1.807) is 24.7 Å². The van der Waals surface area contributed by atoms with Gasteiger partial charge in [0.2, 0.25) is 0 Å². The van der Waals surface area contributed by atoms with E-state index in [9.17, 15) is 9.59 Å². The first-order valence-electron chi connectivity index (χ1n) is 6.09. The molecule has 0 aliphatic carbocycles. The van der Waals surface area contributed by atoms with Crippen LogP contribution < -0.4 is 0 Å². The van der Waals surface area contributed by atoms with Crippen molar-refractivity contribution in [3.05, 3.63) is 87.3 Å². The number of carbonyl (C=O) groups excluding carboxylic acids is 2. The summed E-state index contributed by atoms with van der Waals surface area (Å²) in [5, 5.41) is 0. The SMILES string of the molecule is O=[C-]CCCC[C-]=O.[C-]#[O+].[C-]#[O+].[C-]#[O+].[C-]#[O+].[Fe].[Fe].[c-]1[c-][c-][cH-][c-]1.[c-]1[c-][c-][cH-][c-]1. The topological polar surface area (TPSA) is 114 Å². The maximum atomic E-state index is 9.54. The Bertz CT molecular complexity index is 405. The maximum Gasteiger partial charge on any atom is 0 e. The molecule has 28 heavy (non-hydrogen) atoms. The zero-order valence-corrected chi connectivity index (χ0v) is 16.3. The third kappa shape index (κ3) is 75.1. The number of hydrogen-bond donors (Lipinski definition) is 0. The summed E-state index contributed by atoms with van der Waals surface area (Å²) in [5.41, 5.74) is 0. The molecule has 0 N–H and O–H groups in total. The van der Waals surface area contributed by atoms with Gasteiger partial charge in [-0.25, -0.2) is 0 Å². The van der Waals surface area contributed by atoms with E-state index in [-0.39, 0.29) is 34.1 Å². The van der Waals surface area contributed by atoms with Crippen LogP contribution in [0, 0.1) is 75.1 Å². The standard InChI is InChI=1S/C6H8O2.2C5H.4CO.2Fe/c7-5-3-1-2-4-6-8;2*1-2-4-5-3-1;4*1-2;;/h1-4H2;2*1H;;;;;;/q-2;2*-5;;;;;;. The first-order chi connectivity index (χ1) is 12.9. The molecule has 0 heterocycles. The van der Waals surface area contributed by atoms with Gasteiger partial charge in [-0.2, -0.15) is 12.8 Å². The van der Waals surface area contributed by atoms with Gasteiger partial charge in [-0.1, -0.05) is 12.8 Å². The third-order valence-electron chi connectivity index (χ3n) is 1.51. The van der Waals surface area contributed by atoms with Gasteiger partial charge in [-0.3, -0.25) is 12.6 Å². The second kappa shape index (κ2) is 73.4. The molecule has 0 amide bonds. The second-order valence-electron chi connectivity index (χ2n) is 2.86. The predicted molar refractivity (Wildman–Crippen MR) is 80.3 cm³/mol. The molecule has 6 nitrogen and oxygen atoms in total. The first-order valence-corrected chi connectivity index (χ1v) is 6.09. The van der Waals surface area contributed by atoms with Gasteiger partial charge < -0.3 is 70.3 Å². The smallest absolute Gasteiger partial charge is 0 e. The van der Waals surface area contributed by atoms with Crippen molar-refractivity contribution >= 4 is 12.6 Å². The van der Waals surface area contributed by atoms with Crippen LogP contribution in [0.2, 0.25) is 0 Å². The molecule has 2 aromatic rings. The third-order valence-corrected chi connectivity index (χ3v) is 1.51. The molecule has 154 valence electrons. The van der Waals surface area contributed by atoms with Crippen LogP contribution in [0.3, 0.4) is 0 Å². The van der Waals surface area contributed by atoms with Crippen LogP contribution in [-0.4, -0.2) is 12.6 Å². The zero-order chi connectivity index (χ0) is 21.3. The molecular formula is C20H10Fe2O6-12. The molecule has 8 heteroatoms. The molecule has 0 unspecified atom stereocenters. The van der Waals surface area contributed by atoms with Crippen molar-refractivity contribution in [3.8, 4) is 0 Å². The molecule has 0 saturated heterocycles. The van der Waals surface area contributed by atoms with Crippen LogP contribution in [-0.2, 0) is 62.3 Å². The van der Waals surface area contributed by atoms with Gasteiger partial charge in [0.25, 0.3) is 0 Å². The Balaban J connectivity index is -0.0000000394. The molecule has 2 rings (SSSR count). The number of hydrogen-bond acceptors (Lipinski definition) is 2. The fourth-order valence-electron chi connectivity index (χ4n) is 0.755. The molecule has 0 aliphatic rings. The summed E-state index contributed by atoms with van der Waals surface area (Å²) in [7, 11) is 0. The van der Waals surface area contributed by atoms with Crippen LogP contribution in [0.1, 0.15) is 25.7 Å². The molecule has 0 radical (unpaired) electrons. The van der Waals surface area contributed by atoms with Crippen LogP contribution >= 0.6 is 0 Å². The Morgan fingerprint density at radius 2 is 0.786 bits per heavy atom. The van der Waals surface area contributed by atoms with E-state index in [0.717, 1.165) is 12.8 Å². The van der Waals surface area contributed by atoms with Gasteiger partial charge in [-0.15, -0.1) is 0 Å². The molecule has 2 aromatic carbocycles. The quantitative estimate of drug-likeness (QED) is 0.295. The average molecular weight is 458 g/mol. The van der Waals surface area contributed by atoms with Crippen molar-refractivity contribution in [1.29, 1.82) is 0 Å². The van der Waals surface area contributed by atoms with Crippen LogP contribution in [0.5, 0.6) is 0 Å². The Labute approximate surface area is 187 Å². The summed E-state index contributed by atoms with van der Waals surface area (Å²) < 4.78 is 30.0. The fourth-order valence-corrected chi connectivity index (χ4v) is 0.755. The summed E-state index contributed by atoms with van der Waals surface area (Å²) in [6, 6.07) is 24.0. The number of rotatable bonds is 5. The van der Waals surface area contributed by atoms with Crippen molar-refractivity contribution in [2.75, 3.05) is 0 Å². The minimum atomic E-state index is 0. The van der Waals surface area contributed by atoms with E-state index in [2.05, 4.69) is 75.1 Å². The first kappa shape index (κ1) is 45.0. The van der Waals surface area contributed by atoms with Gasteiger partial charge in [0.05, 0.1) is 0 Å². The summed E-state index contributed by atoms with van der Waals surface area (Å²) in [6.45, 7) is 18.0. The van der Waals surface area contributed by atoms with E-state index in [0.29, 0.717) is 12.8 Å². The van der Waals surface area contributed by atoms with Crippen molar-refractivity contribution in [2.45, 2.75) is 25.7 Å². The van der Waals surface area contributed by atoms with E-state index in [1.807, 2.05) is 0 Å². The van der Waals surface area contributed by atoms with E-state index < -0.39 is 0 Å². The normalized spacial score (nSPS) is 5.57. The Morgan fingerprint density at radius 1 is 0.571 bits per heavy atom. The van der Waals surface area contributed by atoms with Crippen molar-refractivity contribution in [3.63, 3.8) is 0 Å². The molecular weight excluding hydrogens is 448 g/mol. The molecule has 0 atom stereocenters. The minimum absolute atomic E-state index is 0. The molecule has 0 bridgehead atoms. The molecule has 0 aliphatic heterocycles. The van der Waals surface area contributed by atoms with Gasteiger partial charge in [0.1, 0.15) is 0 Å². The van der Waals surface area contributed by atoms with Crippen molar-refractivity contribution in [1.82, 2.24) is 0 Å². The summed E-state index contributed by atoms with van der Waals surface area (Å²) in [4.78, 5) is 19.1. The van der Waals surface area contributed by atoms with E-state index in [1.165, 1.54) is 0 Å². The average Bonchev–Trinajstić information content (AvgIpc) is 3.50. The molecule has 0 aromatic heterocycles. The van der Waals surface area contributed by atoms with E-state index in [4.69, 9.17) is 18.6 Å². The van der Waals surface area contributed by atoms with Gasteiger partial charge in [0, 0.05) is 34.1 Å². The van der Waals surface area contributed by atoms with Crippen molar-refractivity contribution in [2.24, 2.45) is 0 Å². The van der Waals surface area contributed by atoms with Gasteiger partial charge >= 0.3 is 45.2 Å². The Hall–Kier alpha value is -1.96.